The number of aromatic hydroxyl groups is 2. The summed E-state index contributed by atoms with van der Waals surface area (Å²) in [5.41, 5.74) is 0.343. The second-order valence-electron chi connectivity index (χ2n) is 2.55. The number of rotatable bonds is 4. The van der Waals surface area contributed by atoms with Gasteiger partial charge in [0.1, 0.15) is 11.5 Å². The Balaban J connectivity index is 2.64. The van der Waals surface area contributed by atoms with E-state index in [0.29, 0.717) is 5.56 Å². The van der Waals surface area contributed by atoms with E-state index in [2.05, 4.69) is 0 Å². The smallest absolute Gasteiger partial charge is 0.124 e. The number of ether oxygens (including phenoxy) is 1. The van der Waals surface area contributed by atoms with Crippen molar-refractivity contribution >= 4 is 0 Å². The van der Waals surface area contributed by atoms with E-state index in [1.165, 1.54) is 12.1 Å². The van der Waals surface area contributed by atoms with Crippen LogP contribution < -0.4 is 0 Å². The van der Waals surface area contributed by atoms with Crippen molar-refractivity contribution in [3.05, 3.63) is 23.8 Å². The fraction of sp³-hybridized carbons (Fsp3) is 0.333. The number of aliphatic hydroxyl groups is 1. The maximum atomic E-state index is 9.29. The summed E-state index contributed by atoms with van der Waals surface area (Å²) in [5, 5.41) is 27.0. The third kappa shape index (κ3) is 2.61. The van der Waals surface area contributed by atoms with Crippen molar-refractivity contribution in [1.82, 2.24) is 0 Å². The van der Waals surface area contributed by atoms with E-state index in [1.54, 1.807) is 6.07 Å². The summed E-state index contributed by atoms with van der Waals surface area (Å²) in [7, 11) is 0. The molecule has 0 unspecified atom stereocenters. The van der Waals surface area contributed by atoms with E-state index in [9.17, 15) is 10.2 Å². The van der Waals surface area contributed by atoms with Gasteiger partial charge in [0.25, 0.3) is 0 Å². The highest BCUT2D eigenvalue weighted by Gasteiger charge is 2.05. The molecule has 0 bridgehead atoms. The second kappa shape index (κ2) is 4.69. The van der Waals surface area contributed by atoms with E-state index in [1.807, 2.05) is 0 Å². The van der Waals surface area contributed by atoms with Gasteiger partial charge in [0.15, 0.2) is 0 Å². The number of hydrogen-bond donors (Lipinski definition) is 3. The van der Waals surface area contributed by atoms with Crippen LogP contribution in [0.15, 0.2) is 18.2 Å². The van der Waals surface area contributed by atoms with Crippen molar-refractivity contribution in [2.75, 3.05) is 13.2 Å². The van der Waals surface area contributed by atoms with Gasteiger partial charge in [-0.15, -0.1) is 0 Å². The molecule has 4 nitrogen and oxygen atoms in total. The molecule has 0 amide bonds. The molecule has 3 N–H and O–H groups in total. The number of aliphatic hydroxyl groups excluding tert-OH is 1. The first-order valence-corrected chi connectivity index (χ1v) is 3.94. The summed E-state index contributed by atoms with van der Waals surface area (Å²) >= 11 is 0. The molecule has 4 heteroatoms. The zero-order chi connectivity index (χ0) is 9.68. The number of phenolic OH excluding ortho intramolecular Hbond substituents is 2. The van der Waals surface area contributed by atoms with Crippen LogP contribution in [0.1, 0.15) is 5.56 Å². The minimum Gasteiger partial charge on any atom is -0.507 e. The van der Waals surface area contributed by atoms with Gasteiger partial charge in [-0.1, -0.05) is 6.07 Å². The lowest BCUT2D eigenvalue weighted by Crippen LogP contribution is -1.99. The predicted molar refractivity (Wildman–Crippen MR) is 46.5 cm³/mol. The van der Waals surface area contributed by atoms with Crippen LogP contribution in [0.4, 0.5) is 0 Å². The summed E-state index contributed by atoms with van der Waals surface area (Å²) in [6.07, 6.45) is 0. The molecule has 1 aromatic rings. The van der Waals surface area contributed by atoms with Gasteiger partial charge in [0.2, 0.25) is 0 Å². The van der Waals surface area contributed by atoms with Gasteiger partial charge < -0.3 is 20.1 Å². The molecule has 1 rings (SSSR count). The van der Waals surface area contributed by atoms with E-state index in [-0.39, 0.29) is 31.3 Å². The zero-order valence-electron chi connectivity index (χ0n) is 7.10. The Morgan fingerprint density at radius 2 is 1.77 bits per heavy atom. The molecule has 0 aliphatic carbocycles. The van der Waals surface area contributed by atoms with Crippen LogP contribution in [0, 0.1) is 0 Å². The van der Waals surface area contributed by atoms with Gasteiger partial charge in [-0.05, 0) is 12.1 Å². The van der Waals surface area contributed by atoms with Crippen LogP contribution in [0.25, 0.3) is 0 Å². The second-order valence-corrected chi connectivity index (χ2v) is 2.55. The Kier molecular flexibility index (Phi) is 3.54. The fourth-order valence-electron chi connectivity index (χ4n) is 0.949. The van der Waals surface area contributed by atoms with Crippen LogP contribution in [-0.4, -0.2) is 28.5 Å². The molecule has 0 aliphatic heterocycles. The van der Waals surface area contributed by atoms with Gasteiger partial charge in [0, 0.05) is 0 Å². The largest absolute Gasteiger partial charge is 0.507 e. The molecule has 0 heterocycles. The topological polar surface area (TPSA) is 69.9 Å². The lowest BCUT2D eigenvalue weighted by Gasteiger charge is -2.06. The highest BCUT2D eigenvalue weighted by Crippen LogP contribution is 2.26. The van der Waals surface area contributed by atoms with Crippen molar-refractivity contribution in [1.29, 1.82) is 0 Å². The van der Waals surface area contributed by atoms with Crippen molar-refractivity contribution < 1.29 is 20.1 Å². The predicted octanol–water partition coefficient (Wildman–Crippen LogP) is 0.607. The lowest BCUT2D eigenvalue weighted by molar-refractivity contribution is 0.0792. The number of phenols is 2. The zero-order valence-corrected chi connectivity index (χ0v) is 7.10. The monoisotopic (exact) mass is 184 g/mol. The van der Waals surface area contributed by atoms with Crippen molar-refractivity contribution in [3.8, 4) is 11.5 Å². The summed E-state index contributed by atoms with van der Waals surface area (Å²) < 4.78 is 4.96. The first kappa shape index (κ1) is 9.83. The molecule has 0 radical (unpaired) electrons. The van der Waals surface area contributed by atoms with Crippen LogP contribution in [-0.2, 0) is 11.3 Å². The molecule has 0 aliphatic rings. The molecule has 0 atom stereocenters. The summed E-state index contributed by atoms with van der Waals surface area (Å²) in [6, 6.07) is 4.48. The molecular formula is C9H12O4. The molecule has 13 heavy (non-hydrogen) atoms. The quantitative estimate of drug-likeness (QED) is 0.599. The number of hydrogen-bond acceptors (Lipinski definition) is 4. The third-order valence-electron chi connectivity index (χ3n) is 1.61. The summed E-state index contributed by atoms with van der Waals surface area (Å²) in [4.78, 5) is 0. The number of benzene rings is 1. The van der Waals surface area contributed by atoms with Crippen LogP contribution in [0.2, 0.25) is 0 Å². The Morgan fingerprint density at radius 1 is 1.15 bits per heavy atom. The van der Waals surface area contributed by atoms with Gasteiger partial charge in [-0.25, -0.2) is 0 Å². The van der Waals surface area contributed by atoms with Gasteiger partial charge in [0.05, 0.1) is 25.4 Å². The van der Waals surface area contributed by atoms with Crippen LogP contribution in [0.3, 0.4) is 0 Å². The Morgan fingerprint density at radius 3 is 2.31 bits per heavy atom. The lowest BCUT2D eigenvalue weighted by atomic mass is 10.2. The van der Waals surface area contributed by atoms with Crippen LogP contribution >= 0.6 is 0 Å². The first-order chi connectivity index (χ1) is 6.25. The molecular weight excluding hydrogens is 172 g/mol. The van der Waals surface area contributed by atoms with Gasteiger partial charge in [-0.3, -0.25) is 0 Å². The molecule has 0 saturated heterocycles. The SMILES string of the molecule is OCCOCc1c(O)cccc1O. The summed E-state index contributed by atoms with van der Waals surface area (Å²) in [6.45, 7) is 0.210. The maximum absolute atomic E-state index is 9.29. The minimum absolute atomic E-state index is 0.00191. The Hall–Kier alpha value is -1.26. The fourth-order valence-corrected chi connectivity index (χ4v) is 0.949. The molecule has 0 aromatic heterocycles. The van der Waals surface area contributed by atoms with E-state index in [0.717, 1.165) is 0 Å². The highest BCUT2D eigenvalue weighted by atomic mass is 16.5. The molecule has 0 fully saturated rings. The van der Waals surface area contributed by atoms with Crippen molar-refractivity contribution in [2.45, 2.75) is 6.61 Å². The van der Waals surface area contributed by atoms with E-state index in [4.69, 9.17) is 9.84 Å². The Labute approximate surface area is 76.0 Å². The summed E-state index contributed by atoms with van der Waals surface area (Å²) in [5.74, 6) is -0.00382. The van der Waals surface area contributed by atoms with Crippen molar-refractivity contribution in [3.63, 3.8) is 0 Å². The molecule has 72 valence electrons. The maximum Gasteiger partial charge on any atom is 0.124 e. The normalized spacial score (nSPS) is 10.2. The third-order valence-corrected chi connectivity index (χ3v) is 1.61. The van der Waals surface area contributed by atoms with Gasteiger partial charge >= 0.3 is 0 Å². The molecule has 1 aromatic carbocycles. The van der Waals surface area contributed by atoms with Crippen molar-refractivity contribution in [2.24, 2.45) is 0 Å². The van der Waals surface area contributed by atoms with Crippen LogP contribution in [0.5, 0.6) is 11.5 Å². The molecule has 0 spiro atoms. The first-order valence-electron chi connectivity index (χ1n) is 3.94. The minimum atomic E-state index is -0.0750. The standard InChI is InChI=1S/C9H12O4/c10-4-5-13-6-7-8(11)2-1-3-9(7)12/h1-3,10-12H,4-6H2. The Bertz CT molecular complexity index is 252. The van der Waals surface area contributed by atoms with Gasteiger partial charge in [-0.2, -0.15) is 0 Å². The average Bonchev–Trinajstić information content (AvgIpc) is 2.10. The molecule has 0 saturated carbocycles. The van der Waals surface area contributed by atoms with E-state index < -0.39 is 0 Å². The van der Waals surface area contributed by atoms with E-state index >= 15 is 0 Å². The highest BCUT2D eigenvalue weighted by molar-refractivity contribution is 5.42. The average molecular weight is 184 g/mol.